The van der Waals surface area contributed by atoms with Crippen LogP contribution in [0.2, 0.25) is 0 Å². The van der Waals surface area contributed by atoms with Crippen molar-refractivity contribution in [3.63, 3.8) is 0 Å². The number of carbonyl (C=O) groups is 4. The lowest BCUT2D eigenvalue weighted by Gasteiger charge is -2.03. The molecular formula is C66H126O4S4. The molecule has 0 amide bonds. The number of unbranched alkanes of at least 4 members (excludes halogenated alkanes) is 40. The number of carbonyl (C=O) groups excluding carboxylic acids is 4. The van der Waals surface area contributed by atoms with Gasteiger partial charge < -0.3 is 0 Å². The van der Waals surface area contributed by atoms with Gasteiger partial charge in [0.25, 0.3) is 0 Å². The van der Waals surface area contributed by atoms with E-state index in [1.807, 2.05) is 13.8 Å². The summed E-state index contributed by atoms with van der Waals surface area (Å²) in [6.07, 6.45) is 62.0. The Morgan fingerprint density at radius 2 is 0.311 bits per heavy atom. The zero-order valence-corrected chi connectivity index (χ0v) is 53.8. The molecular weight excluding hydrogens is 985 g/mol. The van der Waals surface area contributed by atoms with E-state index < -0.39 is 0 Å². The van der Waals surface area contributed by atoms with Crippen LogP contribution in [0.3, 0.4) is 0 Å². The lowest BCUT2D eigenvalue weighted by molar-refractivity contribution is -0.108. The second-order valence-corrected chi connectivity index (χ2v) is 22.4. The lowest BCUT2D eigenvalue weighted by atomic mass is 10.0. The van der Waals surface area contributed by atoms with Gasteiger partial charge >= 0.3 is 0 Å². The summed E-state index contributed by atoms with van der Waals surface area (Å²) >= 11 is 15.0. The first-order valence-electron chi connectivity index (χ1n) is 31.4. The summed E-state index contributed by atoms with van der Waals surface area (Å²) in [4.78, 5) is 43.3. The Labute approximate surface area is 485 Å². The van der Waals surface area contributed by atoms with E-state index in [1.165, 1.54) is 257 Å². The fourth-order valence-electron chi connectivity index (χ4n) is 8.44. The zero-order chi connectivity index (χ0) is 56.6. The molecule has 0 radical (unpaired) electrons. The normalized spacial score (nSPS) is 10.4. The monoisotopic (exact) mass is 1110 g/mol. The summed E-state index contributed by atoms with van der Waals surface area (Å²) in [5.74, 6) is 0. The first-order valence-corrected chi connectivity index (χ1v) is 33.2. The van der Waals surface area contributed by atoms with Crippen LogP contribution in [-0.2, 0) is 19.2 Å². The van der Waals surface area contributed by atoms with Crippen LogP contribution in [0.25, 0.3) is 0 Å². The summed E-state index contributed by atoms with van der Waals surface area (Å²) in [7, 11) is 0. The second kappa shape index (κ2) is 72.0. The van der Waals surface area contributed by atoms with Crippen molar-refractivity contribution in [3.05, 3.63) is 48.6 Å². The molecule has 0 aliphatic rings. The third-order valence-corrected chi connectivity index (χ3v) is 14.8. The Morgan fingerprint density at radius 1 is 0.216 bits per heavy atom. The largest absolute Gasteiger partial charge is 0.282 e. The van der Waals surface area contributed by atoms with Crippen molar-refractivity contribution in [1.29, 1.82) is 0 Å². The van der Waals surface area contributed by atoms with Gasteiger partial charge in [-0.15, -0.1) is 50.5 Å². The maximum Gasteiger partial charge on any atom is 0.211 e. The highest BCUT2D eigenvalue weighted by atomic mass is 32.1. The summed E-state index contributed by atoms with van der Waals surface area (Å²) in [6, 6.07) is 0. The van der Waals surface area contributed by atoms with Gasteiger partial charge in [-0.1, -0.05) is 325 Å². The van der Waals surface area contributed by atoms with Crippen LogP contribution in [-0.4, -0.2) is 20.5 Å². The number of rotatable bonds is 52. The fourth-order valence-corrected chi connectivity index (χ4v) is 8.89. The predicted octanol–water partition coefficient (Wildman–Crippen LogP) is 23.8. The highest BCUT2D eigenvalue weighted by Gasteiger charge is 2.04. The van der Waals surface area contributed by atoms with Crippen molar-refractivity contribution in [1.82, 2.24) is 0 Å². The van der Waals surface area contributed by atoms with Crippen LogP contribution in [0.4, 0.5) is 0 Å². The van der Waals surface area contributed by atoms with Gasteiger partial charge in [0.1, 0.15) is 0 Å². The molecule has 0 aromatic rings. The Bertz CT molecular complexity index is 1080. The van der Waals surface area contributed by atoms with Crippen molar-refractivity contribution in [2.24, 2.45) is 0 Å². The molecule has 0 rings (SSSR count). The van der Waals surface area contributed by atoms with Crippen LogP contribution < -0.4 is 0 Å². The Morgan fingerprint density at radius 3 is 0.405 bits per heavy atom. The van der Waals surface area contributed by atoms with E-state index >= 15 is 0 Å². The topological polar surface area (TPSA) is 68.3 Å². The molecule has 0 fully saturated rings. The summed E-state index contributed by atoms with van der Waals surface area (Å²) in [5.41, 5.74) is 2.65. The van der Waals surface area contributed by atoms with E-state index in [2.05, 4.69) is 105 Å². The molecule has 4 nitrogen and oxygen atoms in total. The molecule has 0 aliphatic carbocycles. The van der Waals surface area contributed by atoms with Gasteiger partial charge in [-0.2, -0.15) is 0 Å². The fraction of sp³-hybridized carbons (Fsp3) is 0.818. The number of hydrogen-bond acceptors (Lipinski definition) is 4. The molecule has 438 valence electrons. The van der Waals surface area contributed by atoms with Crippen molar-refractivity contribution in [2.75, 3.05) is 0 Å². The summed E-state index contributed by atoms with van der Waals surface area (Å²) in [6.45, 7) is 27.9. The molecule has 0 heterocycles. The highest BCUT2D eigenvalue weighted by Crippen LogP contribution is 2.18. The molecule has 8 heteroatoms. The van der Waals surface area contributed by atoms with Crippen LogP contribution in [0.5, 0.6) is 0 Å². The van der Waals surface area contributed by atoms with E-state index in [1.54, 1.807) is 0 Å². The van der Waals surface area contributed by atoms with E-state index in [-0.39, 0.29) is 20.5 Å². The zero-order valence-electron chi connectivity index (χ0n) is 50.2. The molecule has 0 saturated heterocycles. The van der Waals surface area contributed by atoms with Gasteiger partial charge in [-0.25, -0.2) is 0 Å². The average Bonchev–Trinajstić information content (AvgIpc) is 3.38. The first kappa shape index (κ1) is 81.9. The highest BCUT2D eigenvalue weighted by molar-refractivity contribution is 7.97. The van der Waals surface area contributed by atoms with Crippen molar-refractivity contribution in [3.8, 4) is 0 Å². The van der Waals surface area contributed by atoms with Gasteiger partial charge in [0, 0.05) is 0 Å². The van der Waals surface area contributed by atoms with Crippen LogP contribution in [0.1, 0.15) is 350 Å². The van der Waals surface area contributed by atoms with Gasteiger partial charge in [0.05, 0.1) is 0 Å². The van der Waals surface area contributed by atoms with Crippen LogP contribution in [0, 0.1) is 0 Å². The van der Waals surface area contributed by atoms with E-state index in [0.717, 1.165) is 51.4 Å². The maximum atomic E-state index is 10.8. The Hall–Kier alpha value is -0.960. The van der Waals surface area contributed by atoms with Gasteiger partial charge in [0.2, 0.25) is 20.5 Å². The molecule has 0 N–H and O–H groups in total. The van der Waals surface area contributed by atoms with E-state index in [9.17, 15) is 19.2 Å². The third-order valence-electron chi connectivity index (χ3n) is 13.5. The molecule has 0 aromatic heterocycles. The second-order valence-electron chi connectivity index (χ2n) is 20.8. The summed E-state index contributed by atoms with van der Waals surface area (Å²) in [5, 5.41) is -0.603. The van der Waals surface area contributed by atoms with Crippen molar-refractivity contribution < 1.29 is 19.2 Å². The molecule has 0 spiro atoms. The quantitative estimate of drug-likeness (QED) is 0.0278. The summed E-state index contributed by atoms with van der Waals surface area (Å²) < 4.78 is 0. The maximum absolute atomic E-state index is 10.8. The van der Waals surface area contributed by atoms with Crippen molar-refractivity contribution in [2.45, 2.75) is 350 Å². The molecule has 0 aliphatic heterocycles. The van der Waals surface area contributed by atoms with Gasteiger partial charge in [-0.3, -0.25) is 19.2 Å². The lowest BCUT2D eigenvalue weighted by Crippen LogP contribution is -1.91. The standard InChI is InChI=1S/4C16H30OS.C2H6/c4*1-3-4-5-6-7-8-9-10-11-12-13-14-15(2)16(17)18;1-2/h4*2-14H2,1H3,(H,17,18);1-2H3. The molecule has 0 aromatic carbocycles. The molecule has 74 heavy (non-hydrogen) atoms. The number of thiol groups is 4. The Balaban J connectivity index is -0.000000282. The minimum atomic E-state index is -0.151. The van der Waals surface area contributed by atoms with Crippen molar-refractivity contribution >= 4 is 71.0 Å². The third kappa shape index (κ3) is 77.5. The number of hydrogen-bond donors (Lipinski definition) is 4. The first-order chi connectivity index (χ1) is 35.7. The molecule has 0 atom stereocenters. The smallest absolute Gasteiger partial charge is 0.211 e. The van der Waals surface area contributed by atoms with E-state index in [4.69, 9.17) is 0 Å². The molecule has 0 bridgehead atoms. The Kier molecular flexibility index (Phi) is 79.7. The predicted molar refractivity (Wildman–Crippen MR) is 348 cm³/mol. The van der Waals surface area contributed by atoms with E-state index in [0.29, 0.717) is 22.3 Å². The van der Waals surface area contributed by atoms with Gasteiger partial charge in [0.15, 0.2) is 0 Å². The minimum absolute atomic E-state index is 0.151. The van der Waals surface area contributed by atoms with Gasteiger partial charge in [-0.05, 0) is 73.7 Å². The SMILES string of the molecule is C=C(CCCCCCCCCCCCC)C(=O)S.C=C(CCCCCCCCCCCCC)C(=O)S.C=C(CCCCCCCCCCCCC)C(=O)S.C=C(CCCCCCCCCCCCC)C(=O)S.CC. The molecule has 0 unspecified atom stereocenters. The van der Waals surface area contributed by atoms with Crippen LogP contribution >= 0.6 is 50.5 Å². The minimum Gasteiger partial charge on any atom is -0.282 e. The average molecular weight is 1110 g/mol. The molecule has 0 saturated carbocycles. The van der Waals surface area contributed by atoms with Crippen LogP contribution in [0.15, 0.2) is 48.6 Å².